The number of halogens is 2. The monoisotopic (exact) mass is 459 g/mol. The highest BCUT2D eigenvalue weighted by Gasteiger charge is 2.13. The fourth-order valence-corrected chi connectivity index (χ4v) is 2.47. The van der Waals surface area contributed by atoms with E-state index >= 15 is 0 Å². The summed E-state index contributed by atoms with van der Waals surface area (Å²) in [6, 6.07) is 13.1. The van der Waals surface area contributed by atoms with E-state index in [-0.39, 0.29) is 5.91 Å². The summed E-state index contributed by atoms with van der Waals surface area (Å²) < 4.78 is 7.61. The molecule has 21 heavy (non-hydrogen) atoms. The van der Waals surface area contributed by atoms with E-state index in [9.17, 15) is 4.79 Å². The van der Waals surface area contributed by atoms with Crippen LogP contribution < -0.4 is 10.1 Å². The summed E-state index contributed by atoms with van der Waals surface area (Å²) in [6.45, 7) is 2.62. The first-order valence-corrected chi connectivity index (χ1v) is 8.46. The van der Waals surface area contributed by atoms with Crippen molar-refractivity contribution in [2.24, 2.45) is 0 Å². The summed E-state index contributed by atoms with van der Waals surface area (Å²) in [4.78, 5) is 12.4. The molecule has 0 heterocycles. The summed E-state index contributed by atoms with van der Waals surface area (Å²) >= 11 is 5.62. The summed E-state index contributed by atoms with van der Waals surface area (Å²) in [5.41, 5.74) is 1.29. The number of ether oxygens (including phenoxy) is 1. The van der Waals surface area contributed by atoms with E-state index in [1.165, 1.54) is 0 Å². The van der Waals surface area contributed by atoms with E-state index in [0.29, 0.717) is 17.9 Å². The van der Waals surface area contributed by atoms with Crippen LogP contribution in [0.3, 0.4) is 0 Å². The highest BCUT2D eigenvalue weighted by Crippen LogP contribution is 2.24. The zero-order valence-electron chi connectivity index (χ0n) is 11.5. The number of rotatable bonds is 5. The standard InChI is InChI=1S/C16H15BrINO2/c1-2-9-21-15-8-3-11(17)10-14(15)16(20)19-13-6-4-12(18)5-7-13/h3-8,10H,2,9H2,1H3,(H,19,20). The molecule has 2 aromatic carbocycles. The van der Waals surface area contributed by atoms with Crippen molar-refractivity contribution < 1.29 is 9.53 Å². The fraction of sp³-hybridized carbons (Fsp3) is 0.188. The maximum atomic E-state index is 12.4. The van der Waals surface area contributed by atoms with Crippen LogP contribution in [0.25, 0.3) is 0 Å². The van der Waals surface area contributed by atoms with Crippen LogP contribution in [0.15, 0.2) is 46.9 Å². The van der Waals surface area contributed by atoms with Gasteiger partial charge in [-0.2, -0.15) is 0 Å². The molecule has 0 saturated carbocycles. The number of nitrogens with one attached hydrogen (secondary N) is 1. The smallest absolute Gasteiger partial charge is 0.259 e. The molecule has 110 valence electrons. The largest absolute Gasteiger partial charge is 0.493 e. The fourth-order valence-electron chi connectivity index (χ4n) is 1.75. The minimum Gasteiger partial charge on any atom is -0.493 e. The van der Waals surface area contributed by atoms with Crippen LogP contribution in [-0.4, -0.2) is 12.5 Å². The van der Waals surface area contributed by atoms with Gasteiger partial charge in [0.25, 0.3) is 5.91 Å². The van der Waals surface area contributed by atoms with Crippen LogP contribution in [-0.2, 0) is 0 Å². The van der Waals surface area contributed by atoms with Gasteiger partial charge < -0.3 is 10.1 Å². The Bertz CT molecular complexity index is 629. The van der Waals surface area contributed by atoms with Crippen molar-refractivity contribution >= 4 is 50.1 Å². The van der Waals surface area contributed by atoms with Gasteiger partial charge in [-0.05, 0) is 71.5 Å². The van der Waals surface area contributed by atoms with Gasteiger partial charge >= 0.3 is 0 Å². The molecule has 1 amide bonds. The Labute approximate surface area is 146 Å². The summed E-state index contributed by atoms with van der Waals surface area (Å²) in [6.07, 6.45) is 0.897. The molecular weight excluding hydrogens is 445 g/mol. The first kappa shape index (κ1) is 16.3. The summed E-state index contributed by atoms with van der Waals surface area (Å²) in [5, 5.41) is 2.89. The maximum Gasteiger partial charge on any atom is 0.259 e. The quantitative estimate of drug-likeness (QED) is 0.632. The lowest BCUT2D eigenvalue weighted by Crippen LogP contribution is -2.14. The molecule has 0 fully saturated rings. The van der Waals surface area contributed by atoms with Crippen molar-refractivity contribution in [1.82, 2.24) is 0 Å². The third-order valence-corrected chi connectivity index (χ3v) is 3.96. The second kappa shape index (κ2) is 7.79. The van der Waals surface area contributed by atoms with Gasteiger partial charge in [-0.3, -0.25) is 4.79 Å². The van der Waals surface area contributed by atoms with Gasteiger partial charge in [0, 0.05) is 13.7 Å². The Morgan fingerprint density at radius 1 is 1.24 bits per heavy atom. The number of carbonyl (C=O) groups excluding carboxylic acids is 1. The van der Waals surface area contributed by atoms with Gasteiger partial charge in [0.05, 0.1) is 12.2 Å². The van der Waals surface area contributed by atoms with E-state index in [0.717, 1.165) is 20.2 Å². The van der Waals surface area contributed by atoms with Gasteiger partial charge in [0.15, 0.2) is 0 Å². The van der Waals surface area contributed by atoms with Gasteiger partial charge in [-0.1, -0.05) is 22.9 Å². The molecule has 2 rings (SSSR count). The van der Waals surface area contributed by atoms with Crippen LogP contribution in [0.1, 0.15) is 23.7 Å². The molecule has 0 spiro atoms. The lowest BCUT2D eigenvalue weighted by atomic mass is 10.2. The second-order valence-corrected chi connectivity index (χ2v) is 6.61. The Hall–Kier alpha value is -1.08. The topological polar surface area (TPSA) is 38.3 Å². The average molecular weight is 460 g/mol. The van der Waals surface area contributed by atoms with Crippen molar-refractivity contribution in [3.63, 3.8) is 0 Å². The molecule has 0 unspecified atom stereocenters. The predicted molar refractivity (Wildman–Crippen MR) is 97.0 cm³/mol. The van der Waals surface area contributed by atoms with Crippen molar-refractivity contribution in [2.45, 2.75) is 13.3 Å². The molecule has 5 heteroatoms. The SMILES string of the molecule is CCCOc1ccc(Br)cc1C(=O)Nc1ccc(I)cc1. The molecule has 0 saturated heterocycles. The predicted octanol–water partition coefficient (Wildman–Crippen LogP) is 5.09. The van der Waals surface area contributed by atoms with Crippen LogP contribution in [0.2, 0.25) is 0 Å². The van der Waals surface area contributed by atoms with E-state index in [1.807, 2.05) is 43.3 Å². The highest BCUT2D eigenvalue weighted by molar-refractivity contribution is 14.1. The number of benzene rings is 2. The summed E-state index contributed by atoms with van der Waals surface area (Å²) in [7, 11) is 0. The maximum absolute atomic E-state index is 12.4. The number of carbonyl (C=O) groups is 1. The van der Waals surface area contributed by atoms with Crippen LogP contribution in [0.5, 0.6) is 5.75 Å². The molecule has 0 aliphatic carbocycles. The van der Waals surface area contributed by atoms with Crippen molar-refractivity contribution in [3.8, 4) is 5.75 Å². The molecule has 1 N–H and O–H groups in total. The number of amides is 1. The zero-order valence-corrected chi connectivity index (χ0v) is 15.3. The minimum atomic E-state index is -0.177. The lowest BCUT2D eigenvalue weighted by molar-refractivity contribution is 0.102. The van der Waals surface area contributed by atoms with Crippen LogP contribution >= 0.6 is 38.5 Å². The van der Waals surface area contributed by atoms with Crippen molar-refractivity contribution in [3.05, 3.63) is 56.1 Å². The molecule has 0 aliphatic heterocycles. The third-order valence-electron chi connectivity index (χ3n) is 2.75. The molecule has 0 bridgehead atoms. The van der Waals surface area contributed by atoms with E-state index < -0.39 is 0 Å². The van der Waals surface area contributed by atoms with Gasteiger partial charge in [-0.25, -0.2) is 0 Å². The first-order chi connectivity index (χ1) is 10.1. The zero-order chi connectivity index (χ0) is 15.2. The van der Waals surface area contributed by atoms with Gasteiger partial charge in [0.2, 0.25) is 0 Å². The molecule has 3 nitrogen and oxygen atoms in total. The average Bonchev–Trinajstić information content (AvgIpc) is 2.48. The normalized spacial score (nSPS) is 10.2. The minimum absolute atomic E-state index is 0.177. The van der Waals surface area contributed by atoms with Gasteiger partial charge in [0.1, 0.15) is 5.75 Å². The van der Waals surface area contributed by atoms with Crippen LogP contribution in [0, 0.1) is 3.57 Å². The van der Waals surface area contributed by atoms with E-state index in [1.54, 1.807) is 6.07 Å². The van der Waals surface area contributed by atoms with E-state index in [4.69, 9.17) is 4.74 Å². The van der Waals surface area contributed by atoms with Crippen LogP contribution in [0.4, 0.5) is 5.69 Å². The Morgan fingerprint density at radius 2 is 1.95 bits per heavy atom. The Morgan fingerprint density at radius 3 is 2.62 bits per heavy atom. The highest BCUT2D eigenvalue weighted by atomic mass is 127. The number of hydrogen-bond donors (Lipinski definition) is 1. The molecule has 2 aromatic rings. The molecule has 0 atom stereocenters. The molecule has 0 aliphatic rings. The summed E-state index contributed by atoms with van der Waals surface area (Å²) in [5.74, 6) is 0.423. The number of anilines is 1. The molecule has 0 aromatic heterocycles. The number of hydrogen-bond acceptors (Lipinski definition) is 2. The lowest BCUT2D eigenvalue weighted by Gasteiger charge is -2.12. The first-order valence-electron chi connectivity index (χ1n) is 6.59. The second-order valence-electron chi connectivity index (χ2n) is 4.45. The van der Waals surface area contributed by atoms with E-state index in [2.05, 4.69) is 43.8 Å². The third kappa shape index (κ3) is 4.71. The van der Waals surface area contributed by atoms with Gasteiger partial charge in [-0.15, -0.1) is 0 Å². The molecule has 0 radical (unpaired) electrons. The Balaban J connectivity index is 2.20. The van der Waals surface area contributed by atoms with Crippen molar-refractivity contribution in [1.29, 1.82) is 0 Å². The molecular formula is C16H15BrINO2. The Kier molecular flexibility index (Phi) is 6.05. The van der Waals surface area contributed by atoms with Crippen molar-refractivity contribution in [2.75, 3.05) is 11.9 Å².